The van der Waals surface area contributed by atoms with Gasteiger partial charge in [0.2, 0.25) is 0 Å². The second-order valence-corrected chi connectivity index (χ2v) is 5.32. The number of hydrogen-bond acceptors (Lipinski definition) is 4. The van der Waals surface area contributed by atoms with E-state index in [1.165, 1.54) is 0 Å². The Labute approximate surface area is 126 Å². The fourth-order valence-electron chi connectivity index (χ4n) is 2.38. The van der Waals surface area contributed by atoms with Crippen molar-refractivity contribution in [1.29, 1.82) is 0 Å². The lowest BCUT2D eigenvalue weighted by Gasteiger charge is -2.34. The Morgan fingerprint density at radius 3 is 2.52 bits per heavy atom. The molecule has 0 aromatic heterocycles. The molecule has 0 aliphatic carbocycles. The van der Waals surface area contributed by atoms with Crippen LogP contribution in [0.15, 0.2) is 24.3 Å². The predicted molar refractivity (Wildman–Crippen MR) is 81.8 cm³/mol. The minimum Gasteiger partial charge on any atom is -0.497 e. The zero-order chi connectivity index (χ0) is 15.2. The number of ether oxygens (including phenoxy) is 2. The molecule has 1 aromatic carbocycles. The van der Waals surface area contributed by atoms with Gasteiger partial charge in [-0.3, -0.25) is 4.79 Å². The third-order valence-electron chi connectivity index (χ3n) is 3.78. The number of piperazine rings is 1. The Morgan fingerprint density at radius 1 is 1.24 bits per heavy atom. The van der Waals surface area contributed by atoms with E-state index in [4.69, 9.17) is 9.47 Å². The molecule has 1 fully saturated rings. The second kappa shape index (κ2) is 7.31. The van der Waals surface area contributed by atoms with Crippen LogP contribution in [0.1, 0.15) is 13.3 Å². The van der Waals surface area contributed by atoms with Crippen LogP contribution >= 0.6 is 0 Å². The van der Waals surface area contributed by atoms with E-state index in [1.807, 2.05) is 30.0 Å². The number of benzene rings is 1. The molecule has 0 bridgehead atoms. The fraction of sp³-hybridized carbons (Fsp3) is 0.562. The van der Waals surface area contributed by atoms with E-state index in [0.29, 0.717) is 12.2 Å². The molecule has 1 saturated heterocycles. The molecule has 0 N–H and O–H groups in total. The number of amides is 1. The number of methoxy groups -OCH3 is 1. The summed E-state index contributed by atoms with van der Waals surface area (Å²) in [5.41, 5.74) is 0. The van der Waals surface area contributed by atoms with Gasteiger partial charge in [0, 0.05) is 32.2 Å². The molecule has 21 heavy (non-hydrogen) atoms. The summed E-state index contributed by atoms with van der Waals surface area (Å²) >= 11 is 0. The second-order valence-electron chi connectivity index (χ2n) is 5.32. The standard InChI is InChI=1S/C16H24N2O3/c1-4-15(16(19)18-10-8-17(2)9-11-18)21-14-7-5-6-13(12-14)20-3/h5-7,12,15H,4,8-11H2,1-3H3/t15-/m1/s1. The molecular weight excluding hydrogens is 268 g/mol. The molecular formula is C16H24N2O3. The molecule has 116 valence electrons. The van der Waals surface area contributed by atoms with Gasteiger partial charge in [-0.2, -0.15) is 0 Å². The number of nitrogens with zero attached hydrogens (tertiary/aromatic N) is 2. The van der Waals surface area contributed by atoms with Crippen molar-refractivity contribution in [2.24, 2.45) is 0 Å². The molecule has 5 heteroatoms. The largest absolute Gasteiger partial charge is 0.497 e. The zero-order valence-corrected chi connectivity index (χ0v) is 13.0. The first kappa shape index (κ1) is 15.6. The van der Waals surface area contributed by atoms with E-state index in [9.17, 15) is 4.79 Å². The van der Waals surface area contributed by atoms with Crippen molar-refractivity contribution in [3.05, 3.63) is 24.3 Å². The van der Waals surface area contributed by atoms with Crippen LogP contribution in [0.4, 0.5) is 0 Å². The summed E-state index contributed by atoms with van der Waals surface area (Å²) < 4.78 is 11.0. The molecule has 0 unspecified atom stereocenters. The minimum absolute atomic E-state index is 0.0772. The van der Waals surface area contributed by atoms with E-state index in [2.05, 4.69) is 11.9 Å². The third-order valence-corrected chi connectivity index (χ3v) is 3.78. The van der Waals surface area contributed by atoms with Gasteiger partial charge in [0.1, 0.15) is 11.5 Å². The molecule has 1 aliphatic heterocycles. The SMILES string of the molecule is CC[C@@H](Oc1cccc(OC)c1)C(=O)N1CCN(C)CC1. The molecule has 0 radical (unpaired) electrons. The highest BCUT2D eigenvalue weighted by Crippen LogP contribution is 2.21. The van der Waals surface area contributed by atoms with Gasteiger partial charge in [-0.25, -0.2) is 0 Å². The highest BCUT2D eigenvalue weighted by Gasteiger charge is 2.26. The van der Waals surface area contributed by atoms with Crippen molar-refractivity contribution in [2.45, 2.75) is 19.4 Å². The summed E-state index contributed by atoms with van der Waals surface area (Å²) in [6.45, 7) is 5.35. The van der Waals surface area contributed by atoms with Crippen LogP contribution in [0.5, 0.6) is 11.5 Å². The van der Waals surface area contributed by atoms with E-state index >= 15 is 0 Å². The Hall–Kier alpha value is -1.75. The Bertz CT molecular complexity index is 470. The molecule has 0 saturated carbocycles. The van der Waals surface area contributed by atoms with Crippen molar-refractivity contribution < 1.29 is 14.3 Å². The number of hydrogen-bond donors (Lipinski definition) is 0. The fourth-order valence-corrected chi connectivity index (χ4v) is 2.38. The normalized spacial score (nSPS) is 17.4. The highest BCUT2D eigenvalue weighted by molar-refractivity contribution is 5.81. The monoisotopic (exact) mass is 292 g/mol. The lowest BCUT2D eigenvalue weighted by atomic mass is 10.2. The average molecular weight is 292 g/mol. The van der Waals surface area contributed by atoms with Gasteiger partial charge in [0.15, 0.2) is 6.10 Å². The lowest BCUT2D eigenvalue weighted by molar-refractivity contribution is -0.140. The van der Waals surface area contributed by atoms with Gasteiger partial charge < -0.3 is 19.3 Å². The number of rotatable bonds is 5. The maximum atomic E-state index is 12.5. The van der Waals surface area contributed by atoms with Crippen molar-refractivity contribution in [3.63, 3.8) is 0 Å². The first-order valence-electron chi connectivity index (χ1n) is 7.42. The van der Waals surface area contributed by atoms with Gasteiger partial charge in [-0.15, -0.1) is 0 Å². The number of carbonyl (C=O) groups is 1. The smallest absolute Gasteiger partial charge is 0.263 e. The first-order chi connectivity index (χ1) is 10.1. The van der Waals surface area contributed by atoms with Crippen LogP contribution in [-0.2, 0) is 4.79 Å². The minimum atomic E-state index is -0.430. The molecule has 1 atom stereocenters. The van der Waals surface area contributed by atoms with E-state index < -0.39 is 6.10 Å². The molecule has 0 spiro atoms. The Kier molecular flexibility index (Phi) is 5.44. The summed E-state index contributed by atoms with van der Waals surface area (Å²) in [5.74, 6) is 1.48. The van der Waals surface area contributed by atoms with Crippen LogP contribution in [0.2, 0.25) is 0 Å². The molecule has 1 aliphatic rings. The van der Waals surface area contributed by atoms with Crippen LogP contribution < -0.4 is 9.47 Å². The van der Waals surface area contributed by atoms with Gasteiger partial charge in [0.25, 0.3) is 5.91 Å². The summed E-state index contributed by atoms with van der Waals surface area (Å²) in [6.07, 6.45) is 0.225. The quantitative estimate of drug-likeness (QED) is 0.827. The summed E-state index contributed by atoms with van der Waals surface area (Å²) in [6, 6.07) is 7.37. The topological polar surface area (TPSA) is 42.0 Å². The highest BCUT2D eigenvalue weighted by atomic mass is 16.5. The van der Waals surface area contributed by atoms with Gasteiger partial charge in [-0.05, 0) is 25.6 Å². The number of likely N-dealkylation sites (N-methyl/N-ethyl adjacent to an activating group) is 1. The first-order valence-corrected chi connectivity index (χ1v) is 7.42. The summed E-state index contributed by atoms with van der Waals surface area (Å²) in [7, 11) is 3.69. The third kappa shape index (κ3) is 4.11. The maximum Gasteiger partial charge on any atom is 0.263 e. The molecule has 1 amide bonds. The van der Waals surface area contributed by atoms with Crippen LogP contribution in [0.25, 0.3) is 0 Å². The van der Waals surface area contributed by atoms with Gasteiger partial charge in [-0.1, -0.05) is 13.0 Å². The van der Waals surface area contributed by atoms with Crippen LogP contribution in [-0.4, -0.2) is 62.1 Å². The van der Waals surface area contributed by atoms with Gasteiger partial charge >= 0.3 is 0 Å². The molecule has 1 aromatic rings. The maximum absolute atomic E-state index is 12.5. The van der Waals surface area contributed by atoms with Crippen molar-refractivity contribution in [1.82, 2.24) is 9.80 Å². The average Bonchev–Trinajstić information content (AvgIpc) is 2.53. The lowest BCUT2D eigenvalue weighted by Crippen LogP contribution is -2.51. The van der Waals surface area contributed by atoms with E-state index in [-0.39, 0.29) is 5.91 Å². The van der Waals surface area contributed by atoms with Crippen LogP contribution in [0, 0.1) is 0 Å². The van der Waals surface area contributed by atoms with Gasteiger partial charge in [0.05, 0.1) is 7.11 Å². The predicted octanol–water partition coefficient (Wildman–Crippen LogP) is 1.63. The summed E-state index contributed by atoms with van der Waals surface area (Å²) in [4.78, 5) is 16.7. The number of carbonyl (C=O) groups excluding carboxylic acids is 1. The van der Waals surface area contributed by atoms with E-state index in [0.717, 1.165) is 31.9 Å². The zero-order valence-electron chi connectivity index (χ0n) is 13.0. The molecule has 1 heterocycles. The van der Waals surface area contributed by atoms with Crippen molar-refractivity contribution in [3.8, 4) is 11.5 Å². The van der Waals surface area contributed by atoms with E-state index in [1.54, 1.807) is 13.2 Å². The Morgan fingerprint density at radius 2 is 1.90 bits per heavy atom. The van der Waals surface area contributed by atoms with Crippen molar-refractivity contribution in [2.75, 3.05) is 40.3 Å². The molecule has 5 nitrogen and oxygen atoms in total. The summed E-state index contributed by atoms with van der Waals surface area (Å²) in [5, 5.41) is 0. The Balaban J connectivity index is 2.00. The van der Waals surface area contributed by atoms with Crippen molar-refractivity contribution >= 4 is 5.91 Å². The molecule has 2 rings (SSSR count). The van der Waals surface area contributed by atoms with Crippen LogP contribution in [0.3, 0.4) is 0 Å².